The molecule has 146 valence electrons. The molecule has 1 atom stereocenters. The summed E-state index contributed by atoms with van der Waals surface area (Å²) in [5.74, 6) is -0.855. The van der Waals surface area contributed by atoms with E-state index in [4.69, 9.17) is 4.74 Å². The molecule has 0 spiro atoms. The lowest BCUT2D eigenvalue weighted by Crippen LogP contribution is -2.43. The van der Waals surface area contributed by atoms with Crippen molar-refractivity contribution in [1.29, 1.82) is 0 Å². The fourth-order valence-electron chi connectivity index (χ4n) is 3.16. The van der Waals surface area contributed by atoms with Crippen molar-refractivity contribution in [2.45, 2.75) is 31.7 Å². The highest BCUT2D eigenvalue weighted by Gasteiger charge is 2.23. The van der Waals surface area contributed by atoms with E-state index in [2.05, 4.69) is 10.6 Å². The summed E-state index contributed by atoms with van der Waals surface area (Å²) >= 11 is 0. The highest BCUT2D eigenvalue weighted by atomic mass is 16.5. The number of phenolic OH excluding ortho intramolecular Hbond substituents is 1. The van der Waals surface area contributed by atoms with Gasteiger partial charge in [0.05, 0.1) is 7.11 Å². The van der Waals surface area contributed by atoms with Gasteiger partial charge in [0, 0.05) is 24.1 Å². The second-order valence-electron chi connectivity index (χ2n) is 6.69. The summed E-state index contributed by atoms with van der Waals surface area (Å²) in [5.41, 5.74) is 2.80. The molecule has 1 unspecified atom stereocenters. The van der Waals surface area contributed by atoms with E-state index < -0.39 is 17.9 Å². The summed E-state index contributed by atoms with van der Waals surface area (Å²) in [7, 11) is 1.27. The van der Waals surface area contributed by atoms with Crippen LogP contribution >= 0.6 is 0 Å². The monoisotopic (exact) mass is 382 g/mol. The normalized spacial score (nSPS) is 14.2. The first-order valence-corrected chi connectivity index (χ1v) is 9.05. The number of carbonyl (C=O) groups excluding carboxylic acids is 3. The van der Waals surface area contributed by atoms with Crippen molar-refractivity contribution >= 4 is 23.5 Å². The van der Waals surface area contributed by atoms with Gasteiger partial charge < -0.3 is 20.5 Å². The minimum atomic E-state index is -0.861. The van der Waals surface area contributed by atoms with E-state index in [-0.39, 0.29) is 18.1 Å². The number of rotatable bonds is 5. The number of esters is 1. The molecule has 1 aliphatic rings. The smallest absolute Gasteiger partial charge is 0.328 e. The predicted octanol–water partition coefficient (Wildman–Crippen LogP) is 2.18. The third kappa shape index (κ3) is 4.68. The first-order valence-electron chi connectivity index (χ1n) is 9.05. The average molecular weight is 382 g/mol. The van der Waals surface area contributed by atoms with Gasteiger partial charge in [0.2, 0.25) is 5.91 Å². The van der Waals surface area contributed by atoms with Gasteiger partial charge in [-0.15, -0.1) is 0 Å². The Morgan fingerprint density at radius 3 is 2.64 bits per heavy atom. The predicted molar refractivity (Wildman–Crippen MR) is 103 cm³/mol. The third-order valence-electron chi connectivity index (χ3n) is 4.66. The molecule has 1 heterocycles. The van der Waals surface area contributed by atoms with Crippen LogP contribution in [0.5, 0.6) is 5.75 Å². The molecular weight excluding hydrogens is 360 g/mol. The van der Waals surface area contributed by atoms with E-state index in [0.717, 1.165) is 17.5 Å². The van der Waals surface area contributed by atoms with Crippen LogP contribution < -0.4 is 10.6 Å². The van der Waals surface area contributed by atoms with Crippen LogP contribution in [0.25, 0.3) is 0 Å². The summed E-state index contributed by atoms with van der Waals surface area (Å²) in [5, 5.41) is 14.9. The number of hydrogen-bond acceptors (Lipinski definition) is 5. The number of methoxy groups -OCH3 is 1. The molecule has 7 heteroatoms. The Labute approximate surface area is 162 Å². The molecular formula is C21H22N2O5. The van der Waals surface area contributed by atoms with Crippen molar-refractivity contribution in [3.05, 3.63) is 59.2 Å². The van der Waals surface area contributed by atoms with Gasteiger partial charge in [0.25, 0.3) is 5.91 Å². The molecule has 28 heavy (non-hydrogen) atoms. The zero-order valence-corrected chi connectivity index (χ0v) is 15.5. The van der Waals surface area contributed by atoms with Gasteiger partial charge in [0.15, 0.2) is 0 Å². The maximum absolute atomic E-state index is 12.7. The SMILES string of the molecule is COC(=O)C(Cc1ccc(O)cc1)NC(=O)c1ccc2c(c1)CCCC(=O)N2. The van der Waals surface area contributed by atoms with Crippen molar-refractivity contribution < 1.29 is 24.2 Å². The van der Waals surface area contributed by atoms with Crippen LogP contribution in [0.3, 0.4) is 0 Å². The van der Waals surface area contributed by atoms with E-state index >= 15 is 0 Å². The minimum absolute atomic E-state index is 0.0318. The molecule has 1 aliphatic heterocycles. The van der Waals surface area contributed by atoms with Gasteiger partial charge in [-0.25, -0.2) is 4.79 Å². The summed E-state index contributed by atoms with van der Waals surface area (Å²) in [4.78, 5) is 36.5. The molecule has 7 nitrogen and oxygen atoms in total. The number of aryl methyl sites for hydroxylation is 1. The van der Waals surface area contributed by atoms with Crippen LogP contribution in [0.2, 0.25) is 0 Å². The lowest BCUT2D eigenvalue weighted by molar-refractivity contribution is -0.142. The molecule has 2 amide bonds. The second kappa shape index (κ2) is 8.56. The number of amides is 2. The Morgan fingerprint density at radius 2 is 1.93 bits per heavy atom. The van der Waals surface area contributed by atoms with Gasteiger partial charge in [-0.05, 0) is 54.3 Å². The number of ether oxygens (including phenoxy) is 1. The van der Waals surface area contributed by atoms with Crippen molar-refractivity contribution in [2.75, 3.05) is 12.4 Å². The van der Waals surface area contributed by atoms with Crippen LogP contribution in [-0.4, -0.2) is 36.0 Å². The lowest BCUT2D eigenvalue weighted by Gasteiger charge is -2.17. The molecule has 3 N–H and O–H groups in total. The Hall–Kier alpha value is -3.35. The van der Waals surface area contributed by atoms with E-state index in [1.54, 1.807) is 30.3 Å². The molecule has 0 fully saturated rings. The average Bonchev–Trinajstić information content (AvgIpc) is 2.88. The number of carbonyl (C=O) groups is 3. The standard InChI is InChI=1S/C21H22N2O5/c1-28-21(27)18(11-13-5-8-16(24)9-6-13)23-20(26)15-7-10-17-14(12-15)3-2-4-19(25)22-17/h5-10,12,18,24H,2-4,11H2,1H3,(H,22,25)(H,23,26). The summed E-state index contributed by atoms with van der Waals surface area (Å²) < 4.78 is 4.81. The van der Waals surface area contributed by atoms with Crippen molar-refractivity contribution in [2.24, 2.45) is 0 Å². The Kier molecular flexibility index (Phi) is 5.93. The quantitative estimate of drug-likeness (QED) is 0.688. The summed E-state index contributed by atoms with van der Waals surface area (Å²) in [6.07, 6.45) is 2.10. The molecule has 3 rings (SSSR count). The maximum atomic E-state index is 12.7. The van der Waals surface area contributed by atoms with Gasteiger partial charge in [-0.1, -0.05) is 12.1 Å². The van der Waals surface area contributed by atoms with Crippen LogP contribution in [0.15, 0.2) is 42.5 Å². The molecule has 0 radical (unpaired) electrons. The summed E-state index contributed by atoms with van der Waals surface area (Å²) in [6.45, 7) is 0. The first-order chi connectivity index (χ1) is 13.5. The van der Waals surface area contributed by atoms with E-state index in [1.165, 1.54) is 19.2 Å². The van der Waals surface area contributed by atoms with Crippen molar-refractivity contribution in [1.82, 2.24) is 5.32 Å². The molecule has 0 saturated carbocycles. The van der Waals surface area contributed by atoms with Crippen LogP contribution in [0, 0.1) is 0 Å². The largest absolute Gasteiger partial charge is 0.508 e. The van der Waals surface area contributed by atoms with Gasteiger partial charge >= 0.3 is 5.97 Å². The molecule has 2 aromatic carbocycles. The molecule has 2 aromatic rings. The molecule has 0 saturated heterocycles. The van der Waals surface area contributed by atoms with Crippen LogP contribution in [-0.2, 0) is 27.2 Å². The fraction of sp³-hybridized carbons (Fsp3) is 0.286. The van der Waals surface area contributed by atoms with Gasteiger partial charge in [-0.2, -0.15) is 0 Å². The second-order valence-corrected chi connectivity index (χ2v) is 6.69. The topological polar surface area (TPSA) is 105 Å². The summed E-state index contributed by atoms with van der Waals surface area (Å²) in [6, 6.07) is 10.6. The molecule has 0 aliphatic carbocycles. The Balaban J connectivity index is 1.76. The third-order valence-corrected chi connectivity index (χ3v) is 4.66. The number of phenols is 1. The van der Waals surface area contributed by atoms with E-state index in [0.29, 0.717) is 24.1 Å². The number of anilines is 1. The van der Waals surface area contributed by atoms with E-state index in [1.807, 2.05) is 0 Å². The van der Waals surface area contributed by atoms with Crippen molar-refractivity contribution in [3.63, 3.8) is 0 Å². The fourth-order valence-corrected chi connectivity index (χ4v) is 3.16. The number of nitrogens with one attached hydrogen (secondary N) is 2. The number of benzene rings is 2. The highest BCUT2D eigenvalue weighted by Crippen LogP contribution is 2.23. The van der Waals surface area contributed by atoms with Crippen LogP contribution in [0.1, 0.15) is 34.3 Å². The Morgan fingerprint density at radius 1 is 1.18 bits per heavy atom. The van der Waals surface area contributed by atoms with Crippen molar-refractivity contribution in [3.8, 4) is 5.75 Å². The maximum Gasteiger partial charge on any atom is 0.328 e. The minimum Gasteiger partial charge on any atom is -0.508 e. The van der Waals surface area contributed by atoms with Gasteiger partial charge in [-0.3, -0.25) is 9.59 Å². The van der Waals surface area contributed by atoms with E-state index in [9.17, 15) is 19.5 Å². The zero-order valence-electron chi connectivity index (χ0n) is 15.5. The molecule has 0 bridgehead atoms. The number of aromatic hydroxyl groups is 1. The zero-order chi connectivity index (χ0) is 20.1. The number of hydrogen-bond donors (Lipinski definition) is 3. The lowest BCUT2D eigenvalue weighted by atomic mass is 10.0. The molecule has 0 aromatic heterocycles. The Bertz CT molecular complexity index is 892. The highest BCUT2D eigenvalue weighted by molar-refractivity contribution is 5.98. The van der Waals surface area contributed by atoms with Crippen LogP contribution in [0.4, 0.5) is 5.69 Å². The number of fused-ring (bicyclic) bond motifs is 1. The first kappa shape index (κ1) is 19.4. The van der Waals surface area contributed by atoms with Gasteiger partial charge in [0.1, 0.15) is 11.8 Å².